The first kappa shape index (κ1) is 18.1. The van der Waals surface area contributed by atoms with Gasteiger partial charge in [0, 0.05) is 41.3 Å². The van der Waals surface area contributed by atoms with Gasteiger partial charge in [-0.1, -0.05) is 12.1 Å². The number of carbonyl (C=O) groups is 2. The monoisotopic (exact) mass is 376 g/mol. The standard InChI is InChI=1S/C22H24N4O2/c1-14-2-3-16-13-20(25-19(16)12-14)22(28)24-17-4-6-18(7-5-17)26-10-8-15(9-11-26)21(23)27/h2-7,12-13,15,25H,8-11H2,1H3,(H2,23,27)(H,24,28). The quantitative estimate of drug-likeness (QED) is 0.651. The number of aromatic nitrogens is 1. The molecule has 0 radical (unpaired) electrons. The number of nitrogens with two attached hydrogens (primary N) is 1. The Labute approximate surface area is 163 Å². The van der Waals surface area contributed by atoms with E-state index >= 15 is 0 Å². The van der Waals surface area contributed by atoms with Gasteiger partial charge >= 0.3 is 0 Å². The summed E-state index contributed by atoms with van der Waals surface area (Å²) in [6, 6.07) is 15.7. The zero-order chi connectivity index (χ0) is 19.7. The number of hydrogen-bond donors (Lipinski definition) is 3. The molecular formula is C22H24N4O2. The van der Waals surface area contributed by atoms with Crippen LogP contribution in [0, 0.1) is 12.8 Å². The molecule has 0 atom stereocenters. The fraction of sp³-hybridized carbons (Fsp3) is 0.273. The predicted octanol–water partition coefficient (Wildman–Crippen LogP) is 3.43. The third-order valence-corrected chi connectivity index (χ3v) is 5.41. The third-order valence-electron chi connectivity index (χ3n) is 5.41. The summed E-state index contributed by atoms with van der Waals surface area (Å²) in [5.41, 5.74) is 9.88. The zero-order valence-corrected chi connectivity index (χ0v) is 15.9. The van der Waals surface area contributed by atoms with E-state index in [1.165, 1.54) is 0 Å². The van der Waals surface area contributed by atoms with Gasteiger partial charge in [0.25, 0.3) is 5.91 Å². The minimum Gasteiger partial charge on any atom is -0.371 e. The Bertz CT molecular complexity index is 1010. The molecule has 6 heteroatoms. The van der Waals surface area contributed by atoms with Crippen molar-refractivity contribution in [2.75, 3.05) is 23.3 Å². The van der Waals surface area contributed by atoms with Crippen LogP contribution in [0.15, 0.2) is 48.5 Å². The molecule has 0 aliphatic carbocycles. The fourth-order valence-electron chi connectivity index (χ4n) is 3.74. The number of nitrogens with zero attached hydrogens (tertiary/aromatic N) is 1. The molecule has 144 valence electrons. The Kier molecular flexibility index (Phi) is 4.77. The number of piperidine rings is 1. The fourth-order valence-corrected chi connectivity index (χ4v) is 3.74. The number of rotatable bonds is 4. The summed E-state index contributed by atoms with van der Waals surface area (Å²) in [5, 5.41) is 3.95. The largest absolute Gasteiger partial charge is 0.371 e. The molecule has 0 spiro atoms. The molecule has 1 saturated heterocycles. The molecule has 0 bridgehead atoms. The summed E-state index contributed by atoms with van der Waals surface area (Å²) >= 11 is 0. The lowest BCUT2D eigenvalue weighted by atomic mass is 9.96. The second-order valence-electron chi connectivity index (χ2n) is 7.44. The summed E-state index contributed by atoms with van der Waals surface area (Å²) in [7, 11) is 0. The molecule has 2 amide bonds. The van der Waals surface area contributed by atoms with Crippen LogP contribution >= 0.6 is 0 Å². The van der Waals surface area contributed by atoms with E-state index in [0.717, 1.165) is 53.8 Å². The molecule has 2 aromatic carbocycles. The first-order chi connectivity index (χ1) is 13.5. The Morgan fingerprint density at radius 2 is 1.79 bits per heavy atom. The second kappa shape index (κ2) is 7.38. The van der Waals surface area contributed by atoms with Gasteiger partial charge in [0.1, 0.15) is 5.69 Å². The van der Waals surface area contributed by atoms with Crippen LogP contribution in [0.4, 0.5) is 11.4 Å². The summed E-state index contributed by atoms with van der Waals surface area (Å²) < 4.78 is 0. The summed E-state index contributed by atoms with van der Waals surface area (Å²) in [6.45, 7) is 3.65. The highest BCUT2D eigenvalue weighted by Gasteiger charge is 2.23. The lowest BCUT2D eigenvalue weighted by molar-refractivity contribution is -0.122. The van der Waals surface area contributed by atoms with Crippen molar-refractivity contribution in [2.24, 2.45) is 11.7 Å². The van der Waals surface area contributed by atoms with Crippen molar-refractivity contribution >= 4 is 34.1 Å². The zero-order valence-electron chi connectivity index (χ0n) is 15.9. The number of aromatic amines is 1. The average molecular weight is 376 g/mol. The molecule has 0 unspecified atom stereocenters. The summed E-state index contributed by atoms with van der Waals surface area (Å²) in [5.74, 6) is -0.386. The van der Waals surface area contributed by atoms with E-state index in [1.54, 1.807) is 0 Å². The number of primary amides is 1. The molecule has 2 heterocycles. The van der Waals surface area contributed by atoms with Gasteiger partial charge in [-0.25, -0.2) is 0 Å². The number of anilines is 2. The van der Waals surface area contributed by atoms with Crippen LogP contribution < -0.4 is 16.0 Å². The van der Waals surface area contributed by atoms with Crippen molar-refractivity contribution in [1.82, 2.24) is 4.98 Å². The lowest BCUT2D eigenvalue weighted by Crippen LogP contribution is -2.38. The number of carbonyl (C=O) groups excluding carboxylic acids is 2. The van der Waals surface area contributed by atoms with Crippen LogP contribution in [0.25, 0.3) is 10.9 Å². The number of nitrogens with one attached hydrogen (secondary N) is 2. The Morgan fingerprint density at radius 1 is 1.07 bits per heavy atom. The normalized spacial score (nSPS) is 15.0. The lowest BCUT2D eigenvalue weighted by Gasteiger charge is -2.32. The molecule has 6 nitrogen and oxygen atoms in total. The van der Waals surface area contributed by atoms with Gasteiger partial charge in [0.05, 0.1) is 0 Å². The van der Waals surface area contributed by atoms with Crippen LogP contribution in [-0.4, -0.2) is 29.9 Å². The van der Waals surface area contributed by atoms with E-state index in [-0.39, 0.29) is 17.7 Å². The second-order valence-corrected chi connectivity index (χ2v) is 7.44. The molecule has 4 N–H and O–H groups in total. The number of H-pyrrole nitrogens is 1. The van der Waals surface area contributed by atoms with Gasteiger partial charge in [-0.15, -0.1) is 0 Å². The Morgan fingerprint density at radius 3 is 2.46 bits per heavy atom. The smallest absolute Gasteiger partial charge is 0.272 e. The molecule has 1 aliphatic heterocycles. The minimum atomic E-state index is -0.204. The van der Waals surface area contributed by atoms with Crippen LogP contribution in [0.5, 0.6) is 0 Å². The molecular weight excluding hydrogens is 352 g/mol. The first-order valence-corrected chi connectivity index (χ1v) is 9.54. The van der Waals surface area contributed by atoms with Crippen molar-refractivity contribution in [3.63, 3.8) is 0 Å². The maximum atomic E-state index is 12.6. The number of aryl methyl sites for hydroxylation is 1. The van der Waals surface area contributed by atoms with Crippen LogP contribution in [0.3, 0.4) is 0 Å². The van der Waals surface area contributed by atoms with Gasteiger partial charge in [0.15, 0.2) is 0 Å². The molecule has 28 heavy (non-hydrogen) atoms. The molecule has 0 saturated carbocycles. The Hall–Kier alpha value is -3.28. The summed E-state index contributed by atoms with van der Waals surface area (Å²) in [4.78, 5) is 29.3. The number of amides is 2. The van der Waals surface area contributed by atoms with Crippen molar-refractivity contribution in [3.05, 3.63) is 59.8 Å². The SMILES string of the molecule is Cc1ccc2cc(C(=O)Nc3ccc(N4CCC(C(N)=O)CC4)cc3)[nH]c2c1. The maximum Gasteiger partial charge on any atom is 0.272 e. The third kappa shape index (κ3) is 3.71. The summed E-state index contributed by atoms with van der Waals surface area (Å²) in [6.07, 6.45) is 1.57. The molecule has 1 aliphatic rings. The van der Waals surface area contributed by atoms with Crippen molar-refractivity contribution in [3.8, 4) is 0 Å². The van der Waals surface area contributed by atoms with Gasteiger partial charge in [-0.3, -0.25) is 9.59 Å². The molecule has 1 fully saturated rings. The first-order valence-electron chi connectivity index (χ1n) is 9.54. The minimum absolute atomic E-state index is 0.0186. The highest BCUT2D eigenvalue weighted by Crippen LogP contribution is 2.25. The highest BCUT2D eigenvalue weighted by atomic mass is 16.2. The van der Waals surface area contributed by atoms with Crippen LogP contribution in [0.1, 0.15) is 28.9 Å². The van der Waals surface area contributed by atoms with Crippen molar-refractivity contribution in [1.29, 1.82) is 0 Å². The van der Waals surface area contributed by atoms with Gasteiger partial charge in [-0.2, -0.15) is 0 Å². The van der Waals surface area contributed by atoms with E-state index < -0.39 is 0 Å². The number of fused-ring (bicyclic) bond motifs is 1. The van der Waals surface area contributed by atoms with Gasteiger partial charge in [0.2, 0.25) is 5.91 Å². The maximum absolute atomic E-state index is 12.6. The number of benzene rings is 2. The topological polar surface area (TPSA) is 91.2 Å². The van der Waals surface area contributed by atoms with Gasteiger partial charge in [-0.05, 0) is 61.7 Å². The number of hydrogen-bond acceptors (Lipinski definition) is 3. The highest BCUT2D eigenvalue weighted by molar-refractivity contribution is 6.06. The molecule has 1 aromatic heterocycles. The van der Waals surface area contributed by atoms with Crippen LogP contribution in [0.2, 0.25) is 0 Å². The van der Waals surface area contributed by atoms with E-state index in [9.17, 15) is 9.59 Å². The Balaban J connectivity index is 1.41. The van der Waals surface area contributed by atoms with Crippen molar-refractivity contribution < 1.29 is 9.59 Å². The van der Waals surface area contributed by atoms with E-state index in [0.29, 0.717) is 5.69 Å². The van der Waals surface area contributed by atoms with Crippen molar-refractivity contribution in [2.45, 2.75) is 19.8 Å². The van der Waals surface area contributed by atoms with E-state index in [2.05, 4.69) is 15.2 Å². The molecule has 3 aromatic rings. The van der Waals surface area contributed by atoms with E-state index in [1.807, 2.05) is 55.5 Å². The van der Waals surface area contributed by atoms with Gasteiger partial charge < -0.3 is 20.9 Å². The average Bonchev–Trinajstić information content (AvgIpc) is 3.12. The predicted molar refractivity (Wildman–Crippen MR) is 112 cm³/mol. The molecule has 4 rings (SSSR count). The van der Waals surface area contributed by atoms with Crippen LogP contribution in [-0.2, 0) is 4.79 Å². The van der Waals surface area contributed by atoms with E-state index in [4.69, 9.17) is 5.73 Å².